The topological polar surface area (TPSA) is 92.8 Å². The molecule has 7 nitrogen and oxygen atoms in total. The Morgan fingerprint density at radius 1 is 1.24 bits per heavy atom. The standard InChI is InChI=1S/C16H22N2O5S2/c19-14(23-11-12-4-5-12)10-17-16(20)15-13(6-9-24-15)25(21,22)18-7-2-1-3-8-18/h6,9,12H,1-5,7-8,10-11H2,(H,17,20). The summed E-state index contributed by atoms with van der Waals surface area (Å²) in [5.74, 6) is -0.607. The molecule has 0 unspecified atom stereocenters. The van der Waals surface area contributed by atoms with Crippen LogP contribution in [0.4, 0.5) is 0 Å². The summed E-state index contributed by atoms with van der Waals surface area (Å²) in [6.45, 7) is 1.09. The van der Waals surface area contributed by atoms with Crippen LogP contribution in [0.1, 0.15) is 41.8 Å². The Balaban J connectivity index is 1.61. The SMILES string of the molecule is O=C(CNC(=O)c1sccc1S(=O)(=O)N1CCCCC1)OCC1CC1. The highest BCUT2D eigenvalue weighted by atomic mass is 32.2. The summed E-state index contributed by atoms with van der Waals surface area (Å²) >= 11 is 1.06. The van der Waals surface area contributed by atoms with Crippen molar-refractivity contribution in [2.24, 2.45) is 5.92 Å². The number of ether oxygens (including phenoxy) is 1. The summed E-state index contributed by atoms with van der Waals surface area (Å²) in [5, 5.41) is 4.04. The average Bonchev–Trinajstić information content (AvgIpc) is 3.31. The van der Waals surface area contributed by atoms with Gasteiger partial charge in [0.05, 0.1) is 6.61 Å². The minimum Gasteiger partial charge on any atom is -0.464 e. The van der Waals surface area contributed by atoms with Gasteiger partial charge in [0.2, 0.25) is 10.0 Å². The molecular formula is C16H22N2O5S2. The summed E-state index contributed by atoms with van der Waals surface area (Å²) in [5.41, 5.74) is 0. The Kier molecular flexibility index (Phi) is 5.75. The molecule has 1 N–H and O–H groups in total. The molecule has 2 aliphatic rings. The fourth-order valence-electron chi connectivity index (χ4n) is 2.69. The Bertz CT molecular complexity index is 733. The number of carbonyl (C=O) groups is 2. The van der Waals surface area contributed by atoms with Gasteiger partial charge in [-0.1, -0.05) is 6.42 Å². The van der Waals surface area contributed by atoms with Crippen molar-refractivity contribution in [1.82, 2.24) is 9.62 Å². The number of nitrogens with one attached hydrogen (secondary N) is 1. The van der Waals surface area contributed by atoms with Gasteiger partial charge in [0.25, 0.3) is 5.91 Å². The second-order valence-electron chi connectivity index (χ2n) is 6.39. The molecule has 0 spiro atoms. The van der Waals surface area contributed by atoms with Crippen LogP contribution in [0.2, 0.25) is 0 Å². The van der Waals surface area contributed by atoms with Gasteiger partial charge in [0, 0.05) is 13.1 Å². The molecule has 3 rings (SSSR count). The van der Waals surface area contributed by atoms with Crippen LogP contribution in [0, 0.1) is 5.92 Å². The number of carbonyl (C=O) groups excluding carboxylic acids is 2. The molecular weight excluding hydrogens is 364 g/mol. The molecule has 0 aromatic carbocycles. The largest absolute Gasteiger partial charge is 0.464 e. The average molecular weight is 386 g/mol. The molecule has 1 aromatic rings. The maximum atomic E-state index is 12.8. The Labute approximate surface area is 151 Å². The second-order valence-corrected chi connectivity index (χ2v) is 9.21. The normalized spacial score (nSPS) is 18.7. The van der Waals surface area contributed by atoms with Crippen molar-refractivity contribution in [3.8, 4) is 0 Å². The Morgan fingerprint density at radius 3 is 2.64 bits per heavy atom. The van der Waals surface area contributed by atoms with Crippen molar-refractivity contribution in [1.29, 1.82) is 0 Å². The van der Waals surface area contributed by atoms with E-state index in [-0.39, 0.29) is 16.3 Å². The lowest BCUT2D eigenvalue weighted by Crippen LogP contribution is -2.37. The fraction of sp³-hybridized carbons (Fsp3) is 0.625. The maximum absolute atomic E-state index is 12.8. The van der Waals surface area contributed by atoms with Gasteiger partial charge in [-0.3, -0.25) is 9.59 Å². The van der Waals surface area contributed by atoms with E-state index in [0.717, 1.165) is 43.4 Å². The van der Waals surface area contributed by atoms with Crippen molar-refractivity contribution in [2.45, 2.75) is 37.0 Å². The van der Waals surface area contributed by atoms with Crippen LogP contribution in [-0.2, 0) is 19.6 Å². The second kappa shape index (κ2) is 7.84. The molecule has 1 aromatic heterocycles. The van der Waals surface area contributed by atoms with E-state index in [1.54, 1.807) is 5.38 Å². The van der Waals surface area contributed by atoms with Crippen molar-refractivity contribution in [3.63, 3.8) is 0 Å². The molecule has 9 heteroatoms. The number of nitrogens with zero attached hydrogens (tertiary/aromatic N) is 1. The van der Waals surface area contributed by atoms with Crippen LogP contribution < -0.4 is 5.32 Å². The third-order valence-corrected chi connectivity index (χ3v) is 7.32. The zero-order valence-corrected chi connectivity index (χ0v) is 15.5. The van der Waals surface area contributed by atoms with Gasteiger partial charge >= 0.3 is 5.97 Å². The van der Waals surface area contributed by atoms with Gasteiger partial charge in [0.15, 0.2) is 0 Å². The lowest BCUT2D eigenvalue weighted by Gasteiger charge is -2.25. The summed E-state index contributed by atoms with van der Waals surface area (Å²) in [4.78, 5) is 24.1. The van der Waals surface area contributed by atoms with Crippen LogP contribution in [0.5, 0.6) is 0 Å². The zero-order chi connectivity index (χ0) is 17.9. The Morgan fingerprint density at radius 2 is 1.96 bits per heavy atom. The molecule has 1 saturated carbocycles. The van der Waals surface area contributed by atoms with Gasteiger partial charge in [-0.2, -0.15) is 4.31 Å². The smallest absolute Gasteiger partial charge is 0.325 e. The van der Waals surface area contributed by atoms with E-state index in [4.69, 9.17) is 4.74 Å². The van der Waals surface area contributed by atoms with E-state index in [9.17, 15) is 18.0 Å². The van der Waals surface area contributed by atoms with E-state index in [0.29, 0.717) is 25.6 Å². The lowest BCUT2D eigenvalue weighted by molar-refractivity contribution is -0.142. The molecule has 1 aliphatic heterocycles. The van der Waals surface area contributed by atoms with Crippen molar-refractivity contribution in [2.75, 3.05) is 26.2 Å². The number of amides is 1. The lowest BCUT2D eigenvalue weighted by atomic mass is 10.2. The number of thiophene rings is 1. The van der Waals surface area contributed by atoms with E-state index in [1.807, 2.05) is 0 Å². The molecule has 2 fully saturated rings. The van der Waals surface area contributed by atoms with Crippen LogP contribution in [-0.4, -0.2) is 50.8 Å². The first-order valence-electron chi connectivity index (χ1n) is 8.50. The Hall–Kier alpha value is -1.45. The monoisotopic (exact) mass is 386 g/mol. The molecule has 138 valence electrons. The highest BCUT2D eigenvalue weighted by molar-refractivity contribution is 7.89. The first-order chi connectivity index (χ1) is 12.0. The van der Waals surface area contributed by atoms with Gasteiger partial charge in [-0.05, 0) is 43.0 Å². The third kappa shape index (κ3) is 4.59. The van der Waals surface area contributed by atoms with Crippen LogP contribution in [0.3, 0.4) is 0 Å². The number of piperidine rings is 1. The third-order valence-electron chi connectivity index (χ3n) is 4.34. The highest BCUT2D eigenvalue weighted by Gasteiger charge is 2.31. The first kappa shape index (κ1) is 18.3. The van der Waals surface area contributed by atoms with Gasteiger partial charge in [0.1, 0.15) is 16.3 Å². The molecule has 0 atom stereocenters. The summed E-state index contributed by atoms with van der Waals surface area (Å²) in [6, 6.07) is 1.45. The van der Waals surface area contributed by atoms with Crippen LogP contribution in [0.15, 0.2) is 16.3 Å². The fourth-order valence-corrected chi connectivity index (χ4v) is 5.52. The summed E-state index contributed by atoms with van der Waals surface area (Å²) in [7, 11) is -3.68. The predicted molar refractivity (Wildman–Crippen MR) is 92.9 cm³/mol. The summed E-state index contributed by atoms with van der Waals surface area (Å²) in [6.07, 6.45) is 4.83. The number of esters is 1. The first-order valence-corrected chi connectivity index (χ1v) is 10.8. The van der Waals surface area contributed by atoms with Gasteiger partial charge < -0.3 is 10.1 Å². The van der Waals surface area contributed by atoms with E-state index < -0.39 is 21.9 Å². The van der Waals surface area contributed by atoms with E-state index in [1.165, 1.54) is 10.4 Å². The zero-order valence-electron chi connectivity index (χ0n) is 13.9. The molecule has 0 radical (unpaired) electrons. The van der Waals surface area contributed by atoms with Crippen LogP contribution in [0.25, 0.3) is 0 Å². The van der Waals surface area contributed by atoms with Gasteiger partial charge in [-0.25, -0.2) is 8.42 Å². The number of sulfonamides is 1. The van der Waals surface area contributed by atoms with E-state index >= 15 is 0 Å². The number of hydrogen-bond donors (Lipinski definition) is 1. The molecule has 25 heavy (non-hydrogen) atoms. The number of rotatable bonds is 7. The maximum Gasteiger partial charge on any atom is 0.325 e. The van der Waals surface area contributed by atoms with Crippen molar-refractivity contribution >= 4 is 33.2 Å². The highest BCUT2D eigenvalue weighted by Crippen LogP contribution is 2.29. The van der Waals surface area contributed by atoms with Crippen molar-refractivity contribution < 1.29 is 22.7 Å². The van der Waals surface area contributed by atoms with Crippen molar-refractivity contribution in [3.05, 3.63) is 16.3 Å². The molecule has 2 heterocycles. The van der Waals surface area contributed by atoms with Crippen LogP contribution >= 0.6 is 11.3 Å². The molecule has 1 aliphatic carbocycles. The minimum atomic E-state index is -3.68. The molecule has 1 amide bonds. The predicted octanol–water partition coefficient (Wildman–Crippen LogP) is 1.61. The molecule has 1 saturated heterocycles. The van der Waals surface area contributed by atoms with Gasteiger partial charge in [-0.15, -0.1) is 11.3 Å². The minimum absolute atomic E-state index is 0.0169. The summed E-state index contributed by atoms with van der Waals surface area (Å²) < 4.78 is 32.0. The quantitative estimate of drug-likeness (QED) is 0.719. The number of hydrogen-bond acceptors (Lipinski definition) is 6. The molecule has 0 bridgehead atoms. The van der Waals surface area contributed by atoms with E-state index in [2.05, 4.69) is 5.32 Å².